The van der Waals surface area contributed by atoms with Crippen molar-refractivity contribution in [2.24, 2.45) is 0 Å². The van der Waals surface area contributed by atoms with E-state index in [1.54, 1.807) is 24.3 Å². The number of sulfonamides is 1. The quantitative estimate of drug-likeness (QED) is 0.718. The molecule has 5 nitrogen and oxygen atoms in total. The van der Waals surface area contributed by atoms with Crippen LogP contribution in [0.5, 0.6) is 0 Å². The summed E-state index contributed by atoms with van der Waals surface area (Å²) in [7, 11) is -0.450. The minimum Gasteiger partial charge on any atom is -0.350 e. The molecule has 0 aromatic heterocycles. The van der Waals surface area contributed by atoms with Crippen LogP contribution in [0.1, 0.15) is 30.5 Å². The predicted octanol–water partition coefficient (Wildman–Crippen LogP) is 3.51. The van der Waals surface area contributed by atoms with Crippen LogP contribution in [0.2, 0.25) is 0 Å². The Balaban J connectivity index is 1.96. The Labute approximate surface area is 163 Å². The summed E-state index contributed by atoms with van der Waals surface area (Å²) in [5, 5.41) is 2.95. The Morgan fingerprint density at radius 1 is 1.12 bits per heavy atom. The molecule has 1 N–H and O–H groups in total. The first-order chi connectivity index (χ1) is 12.2. The summed E-state index contributed by atoms with van der Waals surface area (Å²) in [5.41, 5.74) is 1.95. The van der Waals surface area contributed by atoms with E-state index in [9.17, 15) is 13.2 Å². The lowest BCUT2D eigenvalue weighted by Gasteiger charge is -2.16. The lowest BCUT2D eigenvalue weighted by atomic mass is 10.1. The summed E-state index contributed by atoms with van der Waals surface area (Å²) in [5.74, 6) is -0.0433. The van der Waals surface area contributed by atoms with Gasteiger partial charge in [-0.3, -0.25) is 4.79 Å². The third kappa shape index (κ3) is 5.16. The molecule has 1 amide bonds. The van der Waals surface area contributed by atoms with Gasteiger partial charge in [-0.25, -0.2) is 12.7 Å². The van der Waals surface area contributed by atoms with Crippen LogP contribution in [0, 0.1) is 0 Å². The molecule has 2 aromatic rings. The van der Waals surface area contributed by atoms with E-state index in [0.29, 0.717) is 12.8 Å². The van der Waals surface area contributed by atoms with Crippen molar-refractivity contribution in [1.82, 2.24) is 9.62 Å². The number of nitrogens with zero attached hydrogens (tertiary/aromatic N) is 1. The lowest BCUT2D eigenvalue weighted by Crippen LogP contribution is -2.27. The van der Waals surface area contributed by atoms with Crippen LogP contribution in [-0.4, -0.2) is 32.7 Å². The van der Waals surface area contributed by atoms with E-state index in [0.717, 1.165) is 15.6 Å². The molecule has 0 saturated heterocycles. The van der Waals surface area contributed by atoms with E-state index < -0.39 is 10.0 Å². The molecular weight excluding hydrogens is 416 g/mol. The minimum atomic E-state index is -3.44. The number of nitrogens with one attached hydrogen (secondary N) is 1. The van der Waals surface area contributed by atoms with E-state index in [1.807, 2.05) is 31.2 Å². The maximum atomic E-state index is 12.2. The van der Waals surface area contributed by atoms with Gasteiger partial charge in [0.05, 0.1) is 10.9 Å². The fraction of sp³-hybridized carbons (Fsp3) is 0.316. The fourth-order valence-electron chi connectivity index (χ4n) is 2.49. The summed E-state index contributed by atoms with van der Waals surface area (Å²) in [6.07, 6.45) is 1.04. The van der Waals surface area contributed by atoms with Crippen LogP contribution in [-0.2, 0) is 21.2 Å². The Bertz CT molecular complexity index is 865. The number of amides is 1. The van der Waals surface area contributed by atoms with E-state index in [4.69, 9.17) is 0 Å². The highest BCUT2D eigenvalue weighted by atomic mass is 79.9. The van der Waals surface area contributed by atoms with Crippen LogP contribution >= 0.6 is 15.9 Å². The van der Waals surface area contributed by atoms with Gasteiger partial charge >= 0.3 is 0 Å². The third-order valence-electron chi connectivity index (χ3n) is 4.12. The van der Waals surface area contributed by atoms with Gasteiger partial charge < -0.3 is 5.32 Å². The first-order valence-corrected chi connectivity index (χ1v) is 10.5. The number of carbonyl (C=O) groups is 1. The number of halogens is 1. The third-order valence-corrected chi connectivity index (χ3v) is 6.72. The normalized spacial score (nSPS) is 12.8. The largest absolute Gasteiger partial charge is 0.350 e. The molecule has 2 aromatic carbocycles. The van der Waals surface area contributed by atoms with Crippen LogP contribution in [0.25, 0.3) is 0 Å². The van der Waals surface area contributed by atoms with Gasteiger partial charge in [-0.2, -0.15) is 0 Å². The summed E-state index contributed by atoms with van der Waals surface area (Å²) in [4.78, 5) is 12.4. The van der Waals surface area contributed by atoms with E-state index in [2.05, 4.69) is 21.2 Å². The first-order valence-electron chi connectivity index (χ1n) is 8.27. The maximum Gasteiger partial charge on any atom is 0.242 e. The number of rotatable bonds is 7. The molecule has 140 valence electrons. The van der Waals surface area contributed by atoms with E-state index in [1.165, 1.54) is 18.4 Å². The second-order valence-corrected chi connectivity index (χ2v) is 9.24. The molecule has 0 fully saturated rings. The number of benzene rings is 2. The molecule has 0 aliphatic rings. The van der Waals surface area contributed by atoms with Crippen molar-refractivity contribution in [3.63, 3.8) is 0 Å². The average molecular weight is 439 g/mol. The Morgan fingerprint density at radius 2 is 1.73 bits per heavy atom. The molecule has 2 rings (SSSR count). The smallest absolute Gasteiger partial charge is 0.242 e. The second kappa shape index (κ2) is 8.79. The first kappa shape index (κ1) is 20.6. The van der Waals surface area contributed by atoms with Gasteiger partial charge in [0.2, 0.25) is 15.9 Å². The van der Waals surface area contributed by atoms with Crippen LogP contribution in [0.4, 0.5) is 0 Å². The molecule has 1 unspecified atom stereocenters. The van der Waals surface area contributed by atoms with E-state index >= 15 is 0 Å². The molecule has 0 saturated carbocycles. The van der Waals surface area contributed by atoms with Crippen molar-refractivity contribution in [2.45, 2.75) is 30.7 Å². The number of carbonyl (C=O) groups excluding carboxylic acids is 1. The Hall–Kier alpha value is -1.70. The molecule has 7 heteroatoms. The minimum absolute atomic E-state index is 0.0433. The van der Waals surface area contributed by atoms with Gasteiger partial charge in [-0.15, -0.1) is 0 Å². The molecule has 1 atom stereocenters. The molecule has 0 radical (unpaired) electrons. The fourth-order valence-corrected chi connectivity index (χ4v) is 3.87. The molecule has 26 heavy (non-hydrogen) atoms. The molecule has 0 aliphatic carbocycles. The van der Waals surface area contributed by atoms with Crippen molar-refractivity contribution in [3.05, 3.63) is 64.1 Å². The Morgan fingerprint density at radius 3 is 2.31 bits per heavy atom. The molecular formula is C19H23BrN2O3S. The zero-order chi connectivity index (χ0) is 19.3. The standard InChI is InChI=1S/C19H23BrN2O3S/c1-14(15-8-11-17(12-9-15)26(24,25)22(2)3)21-19(23)13-10-16-6-4-5-7-18(16)20/h4-9,11-12,14H,10,13H2,1-3H3,(H,21,23). The van der Waals surface area contributed by atoms with Crippen LogP contribution in [0.15, 0.2) is 57.9 Å². The van der Waals surface area contributed by atoms with Crippen molar-refractivity contribution < 1.29 is 13.2 Å². The predicted molar refractivity (Wildman–Crippen MR) is 106 cm³/mol. The van der Waals surface area contributed by atoms with Crippen molar-refractivity contribution in [3.8, 4) is 0 Å². The monoisotopic (exact) mass is 438 g/mol. The highest BCUT2D eigenvalue weighted by Crippen LogP contribution is 2.19. The second-order valence-electron chi connectivity index (χ2n) is 6.24. The van der Waals surface area contributed by atoms with Crippen LogP contribution < -0.4 is 5.32 Å². The van der Waals surface area contributed by atoms with Gasteiger partial charge in [0.15, 0.2) is 0 Å². The number of hydrogen-bond acceptors (Lipinski definition) is 3. The maximum absolute atomic E-state index is 12.2. The summed E-state index contributed by atoms with van der Waals surface area (Å²) < 4.78 is 26.4. The molecule has 0 bridgehead atoms. The zero-order valence-electron chi connectivity index (χ0n) is 15.1. The van der Waals surface area contributed by atoms with E-state index in [-0.39, 0.29) is 16.8 Å². The van der Waals surface area contributed by atoms with Gasteiger partial charge in [0.25, 0.3) is 0 Å². The zero-order valence-corrected chi connectivity index (χ0v) is 17.5. The number of aryl methyl sites for hydroxylation is 1. The topological polar surface area (TPSA) is 66.5 Å². The van der Waals surface area contributed by atoms with Gasteiger partial charge in [-0.1, -0.05) is 46.3 Å². The van der Waals surface area contributed by atoms with Crippen LogP contribution in [0.3, 0.4) is 0 Å². The number of hydrogen-bond donors (Lipinski definition) is 1. The molecule has 0 aliphatic heterocycles. The van der Waals surface area contributed by atoms with Gasteiger partial charge in [0.1, 0.15) is 0 Å². The Kier molecular flexibility index (Phi) is 6.97. The molecule has 0 heterocycles. The summed E-state index contributed by atoms with van der Waals surface area (Å²) in [6.45, 7) is 1.88. The highest BCUT2D eigenvalue weighted by molar-refractivity contribution is 9.10. The summed E-state index contributed by atoms with van der Waals surface area (Å²) in [6, 6.07) is 14.2. The SMILES string of the molecule is CC(NC(=O)CCc1ccccc1Br)c1ccc(S(=O)(=O)N(C)C)cc1. The van der Waals surface area contributed by atoms with Gasteiger partial charge in [0, 0.05) is 25.0 Å². The molecule has 0 spiro atoms. The van der Waals surface area contributed by atoms with Crippen molar-refractivity contribution in [1.29, 1.82) is 0 Å². The summed E-state index contributed by atoms with van der Waals surface area (Å²) >= 11 is 3.48. The van der Waals surface area contributed by atoms with Crippen molar-refractivity contribution in [2.75, 3.05) is 14.1 Å². The van der Waals surface area contributed by atoms with Gasteiger partial charge in [-0.05, 0) is 42.7 Å². The average Bonchev–Trinajstić information content (AvgIpc) is 2.61. The lowest BCUT2D eigenvalue weighted by molar-refractivity contribution is -0.121. The highest BCUT2D eigenvalue weighted by Gasteiger charge is 2.17. The van der Waals surface area contributed by atoms with Crippen molar-refractivity contribution >= 4 is 31.9 Å².